The Hall–Kier alpha value is -0.780. The van der Waals surface area contributed by atoms with Crippen molar-refractivity contribution in [2.24, 2.45) is 5.92 Å². The monoisotopic (exact) mass is 392 g/mol. The van der Waals surface area contributed by atoms with Crippen molar-refractivity contribution in [2.75, 3.05) is 12.9 Å². The molecule has 0 spiro atoms. The summed E-state index contributed by atoms with van der Waals surface area (Å²) in [6.07, 6.45) is 13.4. The van der Waals surface area contributed by atoms with Gasteiger partial charge in [-0.15, -0.1) is 0 Å². The van der Waals surface area contributed by atoms with Crippen LogP contribution in [0.25, 0.3) is 0 Å². The van der Waals surface area contributed by atoms with E-state index in [1.54, 1.807) is 11.9 Å². The SMILES string of the molecule is CCCCC1CCC(OCC2C(NSC)CCc3ccc(C)c(=O)n32)CC1. The van der Waals surface area contributed by atoms with Crippen molar-refractivity contribution in [1.29, 1.82) is 0 Å². The average Bonchev–Trinajstić information content (AvgIpc) is 2.69. The largest absolute Gasteiger partial charge is 0.376 e. The number of hydrogen-bond acceptors (Lipinski definition) is 4. The van der Waals surface area contributed by atoms with E-state index in [2.05, 4.69) is 24.0 Å². The molecule has 1 aromatic heterocycles. The van der Waals surface area contributed by atoms with Crippen molar-refractivity contribution in [3.05, 3.63) is 33.7 Å². The van der Waals surface area contributed by atoms with Crippen LogP contribution < -0.4 is 10.3 Å². The summed E-state index contributed by atoms with van der Waals surface area (Å²) in [5.74, 6) is 0.899. The number of pyridine rings is 1. The highest BCUT2D eigenvalue weighted by molar-refractivity contribution is 7.96. The Labute approximate surface area is 168 Å². The number of nitrogens with zero attached hydrogens (tertiary/aromatic N) is 1. The zero-order valence-corrected chi connectivity index (χ0v) is 18.0. The number of unbranched alkanes of at least 4 members (excludes halogenated alkanes) is 1. The van der Waals surface area contributed by atoms with Gasteiger partial charge in [0.1, 0.15) is 0 Å². The van der Waals surface area contributed by atoms with Gasteiger partial charge in [0, 0.05) is 17.3 Å². The molecule has 0 aromatic carbocycles. The van der Waals surface area contributed by atoms with Crippen LogP contribution in [0, 0.1) is 12.8 Å². The maximum absolute atomic E-state index is 12.8. The van der Waals surface area contributed by atoms with Crippen LogP contribution in [-0.4, -0.2) is 29.6 Å². The minimum absolute atomic E-state index is 0.0893. The molecule has 1 saturated carbocycles. The Morgan fingerprint density at radius 2 is 2.00 bits per heavy atom. The summed E-state index contributed by atoms with van der Waals surface area (Å²) in [4.78, 5) is 12.8. The van der Waals surface area contributed by atoms with Crippen molar-refractivity contribution < 1.29 is 4.74 Å². The van der Waals surface area contributed by atoms with Gasteiger partial charge in [0.05, 0.1) is 18.8 Å². The zero-order valence-electron chi connectivity index (χ0n) is 17.2. The Kier molecular flexibility index (Phi) is 7.86. The normalized spacial score (nSPS) is 28.1. The van der Waals surface area contributed by atoms with Crippen LogP contribution in [0.1, 0.15) is 75.6 Å². The summed E-state index contributed by atoms with van der Waals surface area (Å²) < 4.78 is 11.9. The maximum atomic E-state index is 12.8. The van der Waals surface area contributed by atoms with Crippen LogP contribution in [0.5, 0.6) is 0 Å². The van der Waals surface area contributed by atoms with Gasteiger partial charge < -0.3 is 9.30 Å². The third-order valence-electron chi connectivity index (χ3n) is 6.43. The molecule has 3 rings (SSSR count). The first kappa shape index (κ1) is 20.9. The molecule has 152 valence electrons. The molecule has 2 atom stereocenters. The molecule has 2 unspecified atom stereocenters. The molecule has 0 radical (unpaired) electrons. The van der Waals surface area contributed by atoms with Gasteiger partial charge in [0.2, 0.25) is 0 Å². The van der Waals surface area contributed by atoms with Crippen molar-refractivity contribution in [1.82, 2.24) is 9.29 Å². The molecule has 0 bridgehead atoms. The second-order valence-corrected chi connectivity index (χ2v) is 8.98. The highest BCUT2D eigenvalue weighted by Gasteiger charge is 2.32. The van der Waals surface area contributed by atoms with E-state index in [1.165, 1.54) is 44.9 Å². The number of nitrogens with one attached hydrogen (secondary N) is 1. The Morgan fingerprint density at radius 3 is 2.70 bits per heavy atom. The lowest BCUT2D eigenvalue weighted by atomic mass is 9.84. The first-order valence-electron chi connectivity index (χ1n) is 10.7. The van der Waals surface area contributed by atoms with E-state index in [4.69, 9.17) is 4.74 Å². The third kappa shape index (κ3) is 5.18. The van der Waals surface area contributed by atoms with Gasteiger partial charge in [0.15, 0.2) is 0 Å². The molecule has 1 aliphatic carbocycles. The highest BCUT2D eigenvalue weighted by atomic mass is 32.2. The maximum Gasteiger partial charge on any atom is 0.254 e. The molecule has 4 nitrogen and oxygen atoms in total. The van der Waals surface area contributed by atoms with Gasteiger partial charge in [-0.2, -0.15) is 0 Å². The third-order valence-corrected chi connectivity index (χ3v) is 6.97. The van der Waals surface area contributed by atoms with Gasteiger partial charge in [-0.05, 0) is 63.7 Å². The Bertz CT molecular complexity index is 652. The topological polar surface area (TPSA) is 43.3 Å². The van der Waals surface area contributed by atoms with E-state index >= 15 is 0 Å². The summed E-state index contributed by atoms with van der Waals surface area (Å²) in [6.45, 7) is 4.83. The van der Waals surface area contributed by atoms with Gasteiger partial charge in [-0.25, -0.2) is 0 Å². The van der Waals surface area contributed by atoms with Crippen LogP contribution >= 0.6 is 11.9 Å². The first-order valence-corrected chi connectivity index (χ1v) is 12.0. The van der Waals surface area contributed by atoms with Crippen LogP contribution in [0.2, 0.25) is 0 Å². The van der Waals surface area contributed by atoms with E-state index in [0.717, 1.165) is 30.0 Å². The molecule has 2 heterocycles. The Balaban J connectivity index is 1.64. The standard InChI is InChI=1S/C22H36N2O2S/c1-4-5-6-17-8-12-19(13-9-17)26-15-21-20(23-27-3)14-11-18-10-7-16(2)22(25)24(18)21/h7,10,17,19-21,23H,4-6,8-9,11-15H2,1-3H3. The van der Waals surface area contributed by atoms with Crippen molar-refractivity contribution >= 4 is 11.9 Å². The lowest BCUT2D eigenvalue weighted by Crippen LogP contribution is -2.46. The molecule has 0 saturated heterocycles. The summed E-state index contributed by atoms with van der Waals surface area (Å²) in [5, 5.41) is 0. The molecule has 27 heavy (non-hydrogen) atoms. The predicted octanol–water partition coefficient (Wildman–Crippen LogP) is 4.65. The van der Waals surface area contributed by atoms with E-state index in [-0.39, 0.29) is 17.6 Å². The first-order chi connectivity index (χ1) is 13.1. The smallest absolute Gasteiger partial charge is 0.254 e. The minimum atomic E-state index is 0.0893. The summed E-state index contributed by atoms with van der Waals surface area (Å²) in [5.41, 5.74) is 2.13. The quantitative estimate of drug-likeness (QED) is 0.654. The van der Waals surface area contributed by atoms with E-state index in [0.29, 0.717) is 12.7 Å². The molecular weight excluding hydrogens is 356 g/mol. The van der Waals surface area contributed by atoms with Crippen LogP contribution in [-0.2, 0) is 11.2 Å². The van der Waals surface area contributed by atoms with Crippen molar-refractivity contribution in [3.8, 4) is 0 Å². The molecule has 1 aromatic rings. The number of rotatable bonds is 8. The molecule has 1 fully saturated rings. The number of aryl methyl sites for hydroxylation is 2. The second kappa shape index (κ2) is 10.1. The summed E-state index contributed by atoms with van der Waals surface area (Å²) in [6, 6.07) is 4.46. The second-order valence-electron chi connectivity index (χ2n) is 8.34. The van der Waals surface area contributed by atoms with Crippen LogP contribution in [0.3, 0.4) is 0 Å². The number of aromatic nitrogens is 1. The molecule has 1 aliphatic heterocycles. The lowest BCUT2D eigenvalue weighted by molar-refractivity contribution is -0.00728. The number of hydrogen-bond donors (Lipinski definition) is 1. The van der Waals surface area contributed by atoms with Crippen LogP contribution in [0.4, 0.5) is 0 Å². The predicted molar refractivity (Wildman–Crippen MR) is 114 cm³/mol. The Morgan fingerprint density at radius 1 is 1.22 bits per heavy atom. The average molecular weight is 393 g/mol. The molecule has 1 N–H and O–H groups in total. The summed E-state index contributed by atoms with van der Waals surface area (Å²) in [7, 11) is 0. The fraction of sp³-hybridized carbons (Fsp3) is 0.773. The lowest BCUT2D eigenvalue weighted by Gasteiger charge is -2.37. The minimum Gasteiger partial charge on any atom is -0.376 e. The van der Waals surface area contributed by atoms with Crippen LogP contribution in [0.15, 0.2) is 16.9 Å². The molecule has 5 heteroatoms. The van der Waals surface area contributed by atoms with E-state index in [1.807, 2.05) is 17.6 Å². The summed E-state index contributed by atoms with van der Waals surface area (Å²) >= 11 is 1.64. The van der Waals surface area contributed by atoms with Gasteiger partial charge >= 0.3 is 0 Å². The number of ether oxygens (including phenoxy) is 1. The van der Waals surface area contributed by atoms with Gasteiger partial charge in [-0.3, -0.25) is 9.52 Å². The fourth-order valence-corrected chi connectivity index (χ4v) is 5.31. The van der Waals surface area contributed by atoms with Crippen molar-refractivity contribution in [2.45, 2.75) is 89.8 Å². The fourth-order valence-electron chi connectivity index (χ4n) is 4.73. The van der Waals surface area contributed by atoms with E-state index < -0.39 is 0 Å². The zero-order chi connectivity index (χ0) is 19.2. The molecular formula is C22H36N2O2S. The van der Waals surface area contributed by atoms with Crippen molar-refractivity contribution in [3.63, 3.8) is 0 Å². The highest BCUT2D eigenvalue weighted by Crippen LogP contribution is 2.31. The molecule has 2 aliphatic rings. The van der Waals surface area contributed by atoms with Gasteiger partial charge in [0.25, 0.3) is 5.56 Å². The molecule has 0 amide bonds. The van der Waals surface area contributed by atoms with Gasteiger partial charge in [-0.1, -0.05) is 44.2 Å². The number of fused-ring (bicyclic) bond motifs is 1. The van der Waals surface area contributed by atoms with E-state index in [9.17, 15) is 4.79 Å².